The average molecular weight is 349 g/mol. The van der Waals surface area contributed by atoms with Gasteiger partial charge in [0, 0.05) is 9.92 Å². The van der Waals surface area contributed by atoms with Crippen LogP contribution in [0.2, 0.25) is 5.02 Å². The van der Waals surface area contributed by atoms with Crippen molar-refractivity contribution in [1.29, 1.82) is 0 Å². The normalized spacial score (nSPS) is 13.1. The van der Waals surface area contributed by atoms with Crippen LogP contribution in [-0.4, -0.2) is 17.6 Å². The molecule has 0 bridgehead atoms. The van der Waals surface area contributed by atoms with Crippen LogP contribution in [0.1, 0.15) is 12.5 Å². The van der Waals surface area contributed by atoms with Crippen LogP contribution in [0.3, 0.4) is 0 Å². The number of carbonyl (C=O) groups excluding carboxylic acids is 2. The average Bonchev–Trinajstić information content (AvgIpc) is 2.53. The largest absolute Gasteiger partial charge is 0.367 e. The van der Waals surface area contributed by atoms with E-state index in [2.05, 4.69) is 5.32 Å². The van der Waals surface area contributed by atoms with E-state index in [0.29, 0.717) is 10.6 Å². The third-order valence-electron chi connectivity index (χ3n) is 3.40. The molecule has 2 amide bonds. The standard InChI is InChI=1S/C17H17ClN2O2S/c1-17(16(19)22,12-6-5-7-13(18)10-12)20-15(21)11-23-14-8-3-2-4-9-14/h2-10H,11H2,1H3,(H2,19,22)(H,20,21)/t17-/m1/s1. The fraction of sp³-hybridized carbons (Fsp3) is 0.176. The molecule has 0 saturated carbocycles. The molecule has 0 aromatic heterocycles. The van der Waals surface area contributed by atoms with Gasteiger partial charge in [0.2, 0.25) is 11.8 Å². The summed E-state index contributed by atoms with van der Waals surface area (Å²) in [7, 11) is 0. The minimum absolute atomic E-state index is 0.188. The van der Waals surface area contributed by atoms with Crippen molar-refractivity contribution in [3.63, 3.8) is 0 Å². The molecular formula is C17H17ClN2O2S. The van der Waals surface area contributed by atoms with Crippen LogP contribution in [0.5, 0.6) is 0 Å². The number of primary amides is 1. The Morgan fingerprint density at radius 3 is 2.48 bits per heavy atom. The SMILES string of the molecule is C[C@](NC(=O)CSc1ccccc1)(C(N)=O)c1cccc(Cl)c1. The zero-order valence-corrected chi connectivity index (χ0v) is 14.2. The van der Waals surface area contributed by atoms with Gasteiger partial charge in [0.05, 0.1) is 5.75 Å². The topological polar surface area (TPSA) is 72.2 Å². The molecular weight excluding hydrogens is 332 g/mol. The summed E-state index contributed by atoms with van der Waals surface area (Å²) in [5, 5.41) is 3.19. The molecule has 0 fully saturated rings. The van der Waals surface area contributed by atoms with Crippen molar-refractivity contribution in [3.05, 3.63) is 65.2 Å². The minimum Gasteiger partial charge on any atom is -0.367 e. The smallest absolute Gasteiger partial charge is 0.247 e. The highest BCUT2D eigenvalue weighted by Gasteiger charge is 2.35. The molecule has 4 nitrogen and oxygen atoms in total. The Morgan fingerprint density at radius 2 is 1.87 bits per heavy atom. The highest BCUT2D eigenvalue weighted by Crippen LogP contribution is 2.24. The minimum atomic E-state index is -1.31. The van der Waals surface area contributed by atoms with Crippen molar-refractivity contribution in [2.45, 2.75) is 17.4 Å². The lowest BCUT2D eigenvalue weighted by Crippen LogP contribution is -2.53. The van der Waals surface area contributed by atoms with E-state index >= 15 is 0 Å². The summed E-state index contributed by atoms with van der Waals surface area (Å²) in [6, 6.07) is 16.3. The Morgan fingerprint density at radius 1 is 1.17 bits per heavy atom. The predicted octanol–water partition coefficient (Wildman–Crippen LogP) is 2.95. The van der Waals surface area contributed by atoms with Crippen LogP contribution in [0.15, 0.2) is 59.5 Å². The van der Waals surface area contributed by atoms with E-state index in [4.69, 9.17) is 17.3 Å². The van der Waals surface area contributed by atoms with Crippen molar-refractivity contribution in [2.75, 3.05) is 5.75 Å². The monoisotopic (exact) mass is 348 g/mol. The second-order valence-electron chi connectivity index (χ2n) is 5.15. The van der Waals surface area contributed by atoms with Crippen molar-refractivity contribution in [2.24, 2.45) is 5.73 Å². The summed E-state index contributed by atoms with van der Waals surface area (Å²) in [5.41, 5.74) is 4.75. The van der Waals surface area contributed by atoms with Crippen LogP contribution in [0, 0.1) is 0 Å². The lowest BCUT2D eigenvalue weighted by molar-refractivity contribution is -0.130. The fourth-order valence-electron chi connectivity index (χ4n) is 2.06. The quantitative estimate of drug-likeness (QED) is 0.788. The first kappa shape index (κ1) is 17.4. The molecule has 0 heterocycles. The van der Waals surface area contributed by atoms with Gasteiger partial charge < -0.3 is 11.1 Å². The Labute approximate surface area is 144 Å². The molecule has 0 radical (unpaired) electrons. The van der Waals surface area contributed by atoms with E-state index in [0.717, 1.165) is 4.90 Å². The zero-order chi connectivity index (χ0) is 16.9. The van der Waals surface area contributed by atoms with Gasteiger partial charge in [-0.1, -0.05) is 41.9 Å². The lowest BCUT2D eigenvalue weighted by Gasteiger charge is -2.28. The van der Waals surface area contributed by atoms with E-state index < -0.39 is 11.4 Å². The Hall–Kier alpha value is -1.98. The third kappa shape index (κ3) is 4.50. The molecule has 120 valence electrons. The van der Waals surface area contributed by atoms with Gasteiger partial charge in [-0.3, -0.25) is 9.59 Å². The third-order valence-corrected chi connectivity index (χ3v) is 4.64. The summed E-state index contributed by atoms with van der Waals surface area (Å²) in [4.78, 5) is 25.1. The van der Waals surface area contributed by atoms with E-state index in [1.165, 1.54) is 11.8 Å². The molecule has 23 heavy (non-hydrogen) atoms. The van der Waals surface area contributed by atoms with Crippen LogP contribution in [0.4, 0.5) is 0 Å². The highest BCUT2D eigenvalue weighted by atomic mass is 35.5. The number of thioether (sulfide) groups is 1. The molecule has 2 aromatic carbocycles. The molecule has 2 rings (SSSR count). The number of hydrogen-bond donors (Lipinski definition) is 2. The van der Waals surface area contributed by atoms with Gasteiger partial charge in [0.1, 0.15) is 5.54 Å². The first-order valence-corrected chi connectivity index (χ1v) is 8.33. The number of nitrogens with two attached hydrogens (primary N) is 1. The molecule has 3 N–H and O–H groups in total. The van der Waals surface area contributed by atoms with E-state index in [1.54, 1.807) is 31.2 Å². The molecule has 1 atom stereocenters. The van der Waals surface area contributed by atoms with Crippen LogP contribution in [-0.2, 0) is 15.1 Å². The number of hydrogen-bond acceptors (Lipinski definition) is 3. The fourth-order valence-corrected chi connectivity index (χ4v) is 2.97. The number of carbonyl (C=O) groups is 2. The van der Waals surface area contributed by atoms with Crippen LogP contribution in [0.25, 0.3) is 0 Å². The number of rotatable bonds is 6. The van der Waals surface area contributed by atoms with Gasteiger partial charge in [0.25, 0.3) is 0 Å². The van der Waals surface area contributed by atoms with Gasteiger partial charge in [-0.15, -0.1) is 11.8 Å². The van der Waals surface area contributed by atoms with Gasteiger partial charge in [-0.2, -0.15) is 0 Å². The first-order valence-electron chi connectivity index (χ1n) is 6.96. The molecule has 0 aliphatic heterocycles. The van der Waals surface area contributed by atoms with Gasteiger partial charge in [-0.25, -0.2) is 0 Å². The number of halogens is 1. The van der Waals surface area contributed by atoms with Gasteiger partial charge >= 0.3 is 0 Å². The summed E-state index contributed by atoms with van der Waals surface area (Å²) in [6.45, 7) is 1.58. The van der Waals surface area contributed by atoms with Crippen molar-refractivity contribution >= 4 is 35.2 Å². The Bertz CT molecular complexity index is 709. The van der Waals surface area contributed by atoms with E-state index in [9.17, 15) is 9.59 Å². The summed E-state index contributed by atoms with van der Waals surface area (Å²) in [6.07, 6.45) is 0. The summed E-state index contributed by atoms with van der Waals surface area (Å²) >= 11 is 7.35. The van der Waals surface area contributed by atoms with Crippen molar-refractivity contribution < 1.29 is 9.59 Å². The number of amides is 2. The summed E-state index contributed by atoms with van der Waals surface area (Å²) < 4.78 is 0. The first-order chi connectivity index (χ1) is 10.9. The molecule has 0 saturated heterocycles. The predicted molar refractivity (Wildman–Crippen MR) is 93.3 cm³/mol. The summed E-state index contributed by atoms with van der Waals surface area (Å²) in [5.74, 6) is -0.731. The number of nitrogens with one attached hydrogen (secondary N) is 1. The lowest BCUT2D eigenvalue weighted by atomic mass is 9.91. The van der Waals surface area contributed by atoms with Gasteiger partial charge in [-0.05, 0) is 36.8 Å². The maximum atomic E-state index is 12.2. The van der Waals surface area contributed by atoms with E-state index in [-0.39, 0.29) is 11.7 Å². The van der Waals surface area contributed by atoms with Crippen molar-refractivity contribution in [3.8, 4) is 0 Å². The second-order valence-corrected chi connectivity index (χ2v) is 6.63. The highest BCUT2D eigenvalue weighted by molar-refractivity contribution is 8.00. The Kier molecular flexibility index (Phi) is 5.69. The zero-order valence-electron chi connectivity index (χ0n) is 12.6. The van der Waals surface area contributed by atoms with Crippen LogP contribution < -0.4 is 11.1 Å². The molecule has 0 aliphatic carbocycles. The molecule has 6 heteroatoms. The Balaban J connectivity index is 2.10. The van der Waals surface area contributed by atoms with E-state index in [1.807, 2.05) is 30.3 Å². The molecule has 0 aliphatic rings. The molecule has 0 unspecified atom stereocenters. The molecule has 2 aromatic rings. The number of benzene rings is 2. The maximum absolute atomic E-state index is 12.2. The second kappa shape index (κ2) is 7.53. The maximum Gasteiger partial charge on any atom is 0.247 e. The molecule has 0 spiro atoms. The van der Waals surface area contributed by atoms with Crippen LogP contribution >= 0.6 is 23.4 Å². The van der Waals surface area contributed by atoms with Gasteiger partial charge in [0.15, 0.2) is 0 Å². The van der Waals surface area contributed by atoms with Crippen molar-refractivity contribution in [1.82, 2.24) is 5.32 Å².